The fourth-order valence-electron chi connectivity index (χ4n) is 1.01. The van der Waals surface area contributed by atoms with E-state index in [0.29, 0.717) is 0 Å². The Hall–Kier alpha value is -0.250. The van der Waals surface area contributed by atoms with E-state index in [4.69, 9.17) is 0 Å². The molecule has 0 aliphatic rings. The van der Waals surface area contributed by atoms with Crippen molar-refractivity contribution in [2.45, 2.75) is 22.3 Å². The van der Waals surface area contributed by atoms with Crippen LogP contribution in [0.25, 0.3) is 0 Å². The number of hydrogen-bond acceptors (Lipinski definition) is 3. The molecule has 0 saturated heterocycles. The zero-order chi connectivity index (χ0) is 9.26. The summed E-state index contributed by atoms with van der Waals surface area (Å²) in [5.41, 5.74) is 2.75. The molecule has 2 aromatic heterocycles. The summed E-state index contributed by atoms with van der Waals surface area (Å²) in [6.45, 7) is 4.31. The molecule has 0 N–H and O–H groups in total. The van der Waals surface area contributed by atoms with E-state index in [0.717, 1.165) is 0 Å². The van der Waals surface area contributed by atoms with Crippen LogP contribution < -0.4 is 0 Å². The van der Waals surface area contributed by atoms with E-state index in [-0.39, 0.29) is 0 Å². The van der Waals surface area contributed by atoms with Crippen molar-refractivity contribution in [2.75, 3.05) is 0 Å². The standard InChI is InChI=1S/C10H10S3/c1-7-5-9(12-6-7)13-10-8(2)3-4-11-10/h3-6H,1-2H3. The van der Waals surface area contributed by atoms with Crippen LogP contribution >= 0.6 is 34.4 Å². The molecular formula is C10H10S3. The molecule has 2 heterocycles. The molecule has 0 bridgehead atoms. The van der Waals surface area contributed by atoms with Gasteiger partial charge in [0, 0.05) is 0 Å². The monoisotopic (exact) mass is 226 g/mol. The van der Waals surface area contributed by atoms with Gasteiger partial charge >= 0.3 is 0 Å². The van der Waals surface area contributed by atoms with E-state index in [9.17, 15) is 0 Å². The second kappa shape index (κ2) is 3.86. The lowest BCUT2D eigenvalue weighted by atomic mass is 10.4. The van der Waals surface area contributed by atoms with E-state index < -0.39 is 0 Å². The average molecular weight is 226 g/mol. The number of thiophene rings is 2. The highest BCUT2D eigenvalue weighted by Gasteiger charge is 2.03. The molecule has 0 radical (unpaired) electrons. The van der Waals surface area contributed by atoms with Gasteiger partial charge in [0.1, 0.15) is 0 Å². The second-order valence-corrected chi connectivity index (χ2v) is 6.33. The quantitative estimate of drug-likeness (QED) is 0.722. The Morgan fingerprint density at radius 2 is 2.08 bits per heavy atom. The normalized spacial score (nSPS) is 10.6. The molecule has 0 aliphatic carbocycles. The molecule has 3 heteroatoms. The van der Waals surface area contributed by atoms with Crippen LogP contribution in [0, 0.1) is 13.8 Å². The third kappa shape index (κ3) is 2.16. The fraction of sp³-hybridized carbons (Fsp3) is 0.200. The van der Waals surface area contributed by atoms with Gasteiger partial charge in [-0.1, -0.05) is 11.8 Å². The predicted octanol–water partition coefficient (Wildman–Crippen LogP) is 4.58. The first-order valence-electron chi connectivity index (χ1n) is 4.03. The van der Waals surface area contributed by atoms with Gasteiger partial charge in [0.15, 0.2) is 0 Å². The Balaban J connectivity index is 2.19. The van der Waals surface area contributed by atoms with Crippen LogP contribution in [-0.2, 0) is 0 Å². The van der Waals surface area contributed by atoms with Crippen LogP contribution in [0.4, 0.5) is 0 Å². The minimum atomic E-state index is 1.36. The maximum atomic E-state index is 2.24. The largest absolute Gasteiger partial charge is 0.137 e. The molecule has 0 saturated carbocycles. The zero-order valence-electron chi connectivity index (χ0n) is 7.53. The summed E-state index contributed by atoms with van der Waals surface area (Å²) in [4.78, 5) is 0. The molecule has 0 atom stereocenters. The molecule has 0 amide bonds. The van der Waals surface area contributed by atoms with Gasteiger partial charge in [0.05, 0.1) is 8.42 Å². The van der Waals surface area contributed by atoms with Crippen LogP contribution in [0.1, 0.15) is 11.1 Å². The minimum absolute atomic E-state index is 1.36. The summed E-state index contributed by atoms with van der Waals surface area (Å²) in [6, 6.07) is 4.42. The molecule has 0 spiro atoms. The van der Waals surface area contributed by atoms with Gasteiger partial charge < -0.3 is 0 Å². The molecule has 2 aromatic rings. The van der Waals surface area contributed by atoms with Crippen LogP contribution in [-0.4, -0.2) is 0 Å². The number of hydrogen-bond donors (Lipinski definition) is 0. The fourth-order valence-corrected chi connectivity index (χ4v) is 4.32. The van der Waals surface area contributed by atoms with E-state index >= 15 is 0 Å². The van der Waals surface area contributed by atoms with Crippen molar-refractivity contribution in [1.29, 1.82) is 0 Å². The molecule has 13 heavy (non-hydrogen) atoms. The van der Waals surface area contributed by atoms with Crippen LogP contribution in [0.3, 0.4) is 0 Å². The summed E-state index contributed by atoms with van der Waals surface area (Å²) in [5.74, 6) is 0. The van der Waals surface area contributed by atoms with Crippen LogP contribution in [0.2, 0.25) is 0 Å². The lowest BCUT2D eigenvalue weighted by molar-refractivity contribution is 1.42. The third-order valence-electron chi connectivity index (χ3n) is 1.71. The second-order valence-electron chi connectivity index (χ2n) is 2.94. The SMILES string of the molecule is Cc1csc(Sc2sccc2C)c1. The van der Waals surface area contributed by atoms with Crippen molar-refractivity contribution in [3.8, 4) is 0 Å². The summed E-state index contributed by atoms with van der Waals surface area (Å²) in [6.07, 6.45) is 0. The highest BCUT2D eigenvalue weighted by Crippen LogP contribution is 2.37. The molecule has 2 rings (SSSR count). The zero-order valence-corrected chi connectivity index (χ0v) is 9.98. The topological polar surface area (TPSA) is 0 Å². The lowest BCUT2D eigenvalue weighted by Gasteiger charge is -1.94. The van der Waals surface area contributed by atoms with Crippen LogP contribution in [0.5, 0.6) is 0 Å². The molecule has 0 aliphatic heterocycles. The van der Waals surface area contributed by atoms with Crippen molar-refractivity contribution in [1.82, 2.24) is 0 Å². The summed E-state index contributed by atoms with van der Waals surface area (Å²) in [7, 11) is 0. The van der Waals surface area contributed by atoms with Gasteiger partial charge in [0.25, 0.3) is 0 Å². The third-order valence-corrected chi connectivity index (χ3v) is 5.27. The first-order chi connectivity index (χ1) is 6.25. The van der Waals surface area contributed by atoms with Crippen molar-refractivity contribution < 1.29 is 0 Å². The first kappa shape index (κ1) is 9.31. The molecule has 0 nitrogen and oxygen atoms in total. The molecule has 0 unspecified atom stereocenters. The Kier molecular flexibility index (Phi) is 2.77. The Labute approximate surface area is 90.6 Å². The molecular weight excluding hydrogens is 216 g/mol. The van der Waals surface area contributed by atoms with Gasteiger partial charge in [-0.05, 0) is 47.9 Å². The maximum Gasteiger partial charge on any atom is 0.0683 e. The summed E-state index contributed by atoms with van der Waals surface area (Å²) >= 11 is 5.53. The molecule has 68 valence electrons. The van der Waals surface area contributed by atoms with Gasteiger partial charge in [-0.15, -0.1) is 22.7 Å². The van der Waals surface area contributed by atoms with Crippen molar-refractivity contribution in [2.24, 2.45) is 0 Å². The number of rotatable bonds is 2. The average Bonchev–Trinajstić information content (AvgIpc) is 2.64. The maximum absolute atomic E-state index is 2.24. The van der Waals surface area contributed by atoms with Crippen molar-refractivity contribution in [3.63, 3.8) is 0 Å². The Morgan fingerprint density at radius 3 is 2.62 bits per heavy atom. The van der Waals surface area contributed by atoms with Gasteiger partial charge in [-0.25, -0.2) is 0 Å². The summed E-state index contributed by atoms with van der Waals surface area (Å²) in [5, 5.41) is 4.35. The van der Waals surface area contributed by atoms with Gasteiger partial charge in [0.2, 0.25) is 0 Å². The Bertz CT molecular complexity index is 398. The van der Waals surface area contributed by atoms with E-state index in [2.05, 4.69) is 36.7 Å². The van der Waals surface area contributed by atoms with Crippen molar-refractivity contribution in [3.05, 3.63) is 34.0 Å². The smallest absolute Gasteiger partial charge is 0.0683 e. The lowest BCUT2D eigenvalue weighted by Crippen LogP contribution is -1.65. The highest BCUT2D eigenvalue weighted by molar-refractivity contribution is 8.02. The van der Waals surface area contributed by atoms with Crippen LogP contribution in [0.15, 0.2) is 31.3 Å². The summed E-state index contributed by atoms with van der Waals surface area (Å²) < 4.78 is 2.81. The van der Waals surface area contributed by atoms with E-state index in [1.807, 2.05) is 34.4 Å². The first-order valence-corrected chi connectivity index (χ1v) is 6.60. The number of aryl methyl sites for hydroxylation is 2. The molecule has 0 aromatic carbocycles. The highest BCUT2D eigenvalue weighted by atomic mass is 32.2. The Morgan fingerprint density at radius 1 is 1.23 bits per heavy atom. The van der Waals surface area contributed by atoms with E-state index in [1.54, 1.807) is 0 Å². The van der Waals surface area contributed by atoms with Gasteiger partial charge in [-0.2, -0.15) is 0 Å². The van der Waals surface area contributed by atoms with Gasteiger partial charge in [-0.3, -0.25) is 0 Å². The van der Waals surface area contributed by atoms with E-state index in [1.165, 1.54) is 19.5 Å². The minimum Gasteiger partial charge on any atom is -0.137 e. The molecule has 0 fully saturated rings. The predicted molar refractivity (Wildman–Crippen MR) is 62.2 cm³/mol. The van der Waals surface area contributed by atoms with Crippen molar-refractivity contribution >= 4 is 34.4 Å².